The molecule has 0 saturated heterocycles. The fourth-order valence-corrected chi connectivity index (χ4v) is 4.90. The molecule has 0 aromatic rings. The zero-order chi connectivity index (χ0) is 13.2. The van der Waals surface area contributed by atoms with Crippen LogP contribution in [0.15, 0.2) is 0 Å². The molecule has 2 saturated carbocycles. The molecule has 0 radical (unpaired) electrons. The molecule has 2 aliphatic rings. The fraction of sp³-hybridized carbons (Fsp3) is 1.00. The van der Waals surface area contributed by atoms with E-state index in [9.17, 15) is 5.11 Å². The Morgan fingerprint density at radius 3 is 2.72 bits per heavy atom. The van der Waals surface area contributed by atoms with Crippen LogP contribution < -0.4 is 0 Å². The number of rotatable bonds is 5. The van der Waals surface area contributed by atoms with E-state index in [0.29, 0.717) is 17.9 Å². The Morgan fingerprint density at radius 2 is 2.00 bits per heavy atom. The molecule has 2 fully saturated rings. The standard InChI is InChI=1S/C16H30O2/c1-12(6-3-4-11-17)13-8-9-14-15(18)7-5-10-16(13,14)2/h12-15,17-18H,3-11H2,1-2H3/t12-,13?,14+,15+,16-/m1/s1. The average Bonchev–Trinajstić information content (AvgIpc) is 2.68. The Bertz CT molecular complexity index is 266. The molecule has 106 valence electrons. The van der Waals surface area contributed by atoms with E-state index in [2.05, 4.69) is 13.8 Å². The van der Waals surface area contributed by atoms with Crippen LogP contribution in [0.5, 0.6) is 0 Å². The summed E-state index contributed by atoms with van der Waals surface area (Å²) in [5, 5.41) is 19.1. The molecule has 1 unspecified atom stereocenters. The molecule has 0 spiro atoms. The fourth-order valence-electron chi connectivity index (χ4n) is 4.90. The van der Waals surface area contributed by atoms with E-state index in [-0.39, 0.29) is 6.10 Å². The van der Waals surface area contributed by atoms with Gasteiger partial charge >= 0.3 is 0 Å². The van der Waals surface area contributed by atoms with E-state index in [1.54, 1.807) is 0 Å². The van der Waals surface area contributed by atoms with Gasteiger partial charge in [-0.05, 0) is 55.3 Å². The van der Waals surface area contributed by atoms with Crippen LogP contribution in [-0.4, -0.2) is 22.9 Å². The number of aliphatic hydroxyl groups is 2. The van der Waals surface area contributed by atoms with Crippen LogP contribution in [0, 0.1) is 23.2 Å². The molecular weight excluding hydrogens is 224 g/mol. The molecule has 0 aliphatic heterocycles. The van der Waals surface area contributed by atoms with Crippen LogP contribution in [0.25, 0.3) is 0 Å². The molecular formula is C16H30O2. The minimum absolute atomic E-state index is 0.0432. The summed E-state index contributed by atoms with van der Waals surface area (Å²) < 4.78 is 0. The average molecular weight is 254 g/mol. The topological polar surface area (TPSA) is 40.5 Å². The van der Waals surface area contributed by atoms with Crippen LogP contribution in [-0.2, 0) is 0 Å². The molecule has 0 bridgehead atoms. The lowest BCUT2D eigenvalue weighted by Gasteiger charge is -2.45. The van der Waals surface area contributed by atoms with Gasteiger partial charge in [-0.2, -0.15) is 0 Å². The Kier molecular flexibility index (Phi) is 4.71. The van der Waals surface area contributed by atoms with Gasteiger partial charge in [0.15, 0.2) is 0 Å². The summed E-state index contributed by atoms with van der Waals surface area (Å²) >= 11 is 0. The Labute approximate surface area is 112 Å². The van der Waals surface area contributed by atoms with Crippen molar-refractivity contribution >= 4 is 0 Å². The normalized spacial score (nSPS) is 41.7. The van der Waals surface area contributed by atoms with Crippen molar-refractivity contribution in [3.63, 3.8) is 0 Å². The lowest BCUT2D eigenvalue weighted by Crippen LogP contribution is -2.41. The summed E-state index contributed by atoms with van der Waals surface area (Å²) in [5.74, 6) is 2.09. The molecule has 2 nitrogen and oxygen atoms in total. The summed E-state index contributed by atoms with van der Waals surface area (Å²) in [6, 6.07) is 0. The third-order valence-electron chi connectivity index (χ3n) is 5.92. The minimum Gasteiger partial charge on any atom is -0.396 e. The molecule has 0 aromatic carbocycles. The van der Waals surface area contributed by atoms with Gasteiger partial charge in [0.25, 0.3) is 0 Å². The smallest absolute Gasteiger partial charge is 0.0573 e. The van der Waals surface area contributed by atoms with Gasteiger partial charge < -0.3 is 10.2 Å². The Balaban J connectivity index is 1.97. The zero-order valence-electron chi connectivity index (χ0n) is 12.1. The van der Waals surface area contributed by atoms with Gasteiger partial charge in [0.05, 0.1) is 6.10 Å². The van der Waals surface area contributed by atoms with Crippen LogP contribution in [0.3, 0.4) is 0 Å². The first-order chi connectivity index (χ1) is 8.59. The van der Waals surface area contributed by atoms with Crippen molar-refractivity contribution in [2.45, 2.75) is 71.3 Å². The second kappa shape index (κ2) is 5.92. The van der Waals surface area contributed by atoms with Gasteiger partial charge in [-0.25, -0.2) is 0 Å². The SMILES string of the molecule is C[C@H](CCCCO)C1CC[C@H]2[C@@H](O)CCC[C@]12C. The molecule has 2 aliphatic carbocycles. The van der Waals surface area contributed by atoms with Crippen LogP contribution >= 0.6 is 0 Å². The first-order valence-electron chi connectivity index (χ1n) is 7.88. The highest BCUT2D eigenvalue weighted by molar-refractivity contribution is 5.01. The molecule has 2 rings (SSSR count). The first-order valence-corrected chi connectivity index (χ1v) is 7.88. The molecule has 0 heterocycles. The van der Waals surface area contributed by atoms with Crippen molar-refractivity contribution in [2.75, 3.05) is 6.61 Å². The molecule has 5 atom stereocenters. The predicted molar refractivity (Wildman–Crippen MR) is 74.3 cm³/mol. The number of unbranched alkanes of at least 4 members (excludes halogenated alkanes) is 1. The maximum absolute atomic E-state index is 10.2. The molecule has 2 N–H and O–H groups in total. The highest BCUT2D eigenvalue weighted by Crippen LogP contribution is 2.58. The van der Waals surface area contributed by atoms with E-state index in [4.69, 9.17) is 5.11 Å². The minimum atomic E-state index is -0.0432. The van der Waals surface area contributed by atoms with E-state index in [1.165, 1.54) is 32.1 Å². The molecule has 0 amide bonds. The van der Waals surface area contributed by atoms with E-state index < -0.39 is 0 Å². The van der Waals surface area contributed by atoms with Crippen LogP contribution in [0.4, 0.5) is 0 Å². The van der Waals surface area contributed by atoms with Gasteiger partial charge in [0.2, 0.25) is 0 Å². The zero-order valence-corrected chi connectivity index (χ0v) is 12.1. The summed E-state index contributed by atoms with van der Waals surface area (Å²) in [6.45, 7) is 5.15. The number of fused-ring (bicyclic) bond motifs is 1. The van der Waals surface area contributed by atoms with Crippen molar-refractivity contribution in [3.05, 3.63) is 0 Å². The molecule has 2 heteroatoms. The summed E-state index contributed by atoms with van der Waals surface area (Å²) in [7, 11) is 0. The van der Waals surface area contributed by atoms with Gasteiger partial charge in [-0.15, -0.1) is 0 Å². The summed E-state index contributed by atoms with van der Waals surface area (Å²) in [4.78, 5) is 0. The lowest BCUT2D eigenvalue weighted by molar-refractivity contribution is -0.0278. The van der Waals surface area contributed by atoms with Crippen molar-refractivity contribution in [1.82, 2.24) is 0 Å². The largest absolute Gasteiger partial charge is 0.396 e. The van der Waals surface area contributed by atoms with Crippen molar-refractivity contribution in [1.29, 1.82) is 0 Å². The molecule has 0 aromatic heterocycles. The van der Waals surface area contributed by atoms with Crippen LogP contribution in [0.1, 0.15) is 65.2 Å². The van der Waals surface area contributed by atoms with E-state index in [0.717, 1.165) is 31.1 Å². The van der Waals surface area contributed by atoms with Crippen molar-refractivity contribution < 1.29 is 10.2 Å². The maximum Gasteiger partial charge on any atom is 0.0573 e. The number of aliphatic hydroxyl groups excluding tert-OH is 2. The maximum atomic E-state index is 10.2. The van der Waals surface area contributed by atoms with E-state index >= 15 is 0 Å². The summed E-state index contributed by atoms with van der Waals surface area (Å²) in [6.07, 6.45) is 9.36. The van der Waals surface area contributed by atoms with Gasteiger partial charge in [-0.1, -0.05) is 33.1 Å². The quantitative estimate of drug-likeness (QED) is 0.739. The number of hydrogen-bond acceptors (Lipinski definition) is 2. The van der Waals surface area contributed by atoms with Crippen molar-refractivity contribution in [2.24, 2.45) is 23.2 Å². The third-order valence-corrected chi connectivity index (χ3v) is 5.92. The van der Waals surface area contributed by atoms with Gasteiger partial charge in [-0.3, -0.25) is 0 Å². The van der Waals surface area contributed by atoms with Gasteiger partial charge in [0, 0.05) is 6.61 Å². The van der Waals surface area contributed by atoms with Crippen molar-refractivity contribution in [3.8, 4) is 0 Å². The highest BCUT2D eigenvalue weighted by atomic mass is 16.3. The predicted octanol–water partition coefficient (Wildman–Crippen LogP) is 3.36. The highest BCUT2D eigenvalue weighted by Gasteiger charge is 2.51. The number of hydrogen-bond donors (Lipinski definition) is 2. The second-order valence-electron chi connectivity index (χ2n) is 6.95. The monoisotopic (exact) mass is 254 g/mol. The second-order valence-corrected chi connectivity index (χ2v) is 6.95. The van der Waals surface area contributed by atoms with E-state index in [1.807, 2.05) is 0 Å². The van der Waals surface area contributed by atoms with Gasteiger partial charge in [0.1, 0.15) is 0 Å². The Morgan fingerprint density at radius 1 is 1.22 bits per heavy atom. The third kappa shape index (κ3) is 2.60. The lowest BCUT2D eigenvalue weighted by atomic mass is 9.61. The summed E-state index contributed by atoms with van der Waals surface area (Å²) in [5.41, 5.74) is 0.385. The Hall–Kier alpha value is -0.0800. The molecule has 18 heavy (non-hydrogen) atoms. The van der Waals surface area contributed by atoms with Crippen LogP contribution in [0.2, 0.25) is 0 Å². The first kappa shape index (κ1) is 14.3.